The number of H-pyrrole nitrogens is 2. The topological polar surface area (TPSA) is 160 Å². The molecule has 0 aromatic carbocycles. The fourth-order valence-corrected chi connectivity index (χ4v) is 8.06. The SMILES string of the molecule is C.C[C@@H]1CN(C(=O)OC(C)(C)C)C[C@H]1c1cn2c(C3CCOCC3)ncc2c(=O)[nH]1.C[C@@H]1CNC[C@H]1c1cn2c(C3CCOCC3)ncc2c(=O)[nH]1.Cl. The molecule has 4 aromatic rings. The first-order valence-corrected chi connectivity index (χ1v) is 18.5. The normalized spacial score (nSPS) is 24.1. The van der Waals surface area contributed by atoms with Gasteiger partial charge in [-0.05, 0) is 64.8 Å². The number of aromatic amines is 2. The first-order chi connectivity index (χ1) is 24.5. The lowest BCUT2D eigenvalue weighted by molar-refractivity contribution is 0.0287. The van der Waals surface area contributed by atoms with Crippen molar-refractivity contribution in [1.29, 1.82) is 0 Å². The molecule has 4 fully saturated rings. The third kappa shape index (κ3) is 8.66. The van der Waals surface area contributed by atoms with Crippen molar-refractivity contribution in [2.45, 2.75) is 97.0 Å². The summed E-state index contributed by atoms with van der Waals surface area (Å²) in [7, 11) is 0. The summed E-state index contributed by atoms with van der Waals surface area (Å²) in [5.41, 5.74) is 2.35. The van der Waals surface area contributed by atoms with Crippen molar-refractivity contribution in [3.05, 3.63) is 68.5 Å². The van der Waals surface area contributed by atoms with Crippen molar-refractivity contribution in [1.82, 2.24) is 39.0 Å². The van der Waals surface area contributed by atoms with Crippen LogP contribution in [0.4, 0.5) is 4.79 Å². The lowest BCUT2D eigenvalue weighted by Crippen LogP contribution is -2.35. The first-order valence-electron chi connectivity index (χ1n) is 18.5. The molecule has 0 saturated carbocycles. The van der Waals surface area contributed by atoms with Gasteiger partial charge in [-0.25, -0.2) is 14.8 Å². The zero-order valence-electron chi connectivity index (χ0n) is 30.9. The van der Waals surface area contributed by atoms with Crippen LogP contribution in [0.3, 0.4) is 0 Å². The molecule has 0 aliphatic carbocycles. The highest BCUT2D eigenvalue weighted by Crippen LogP contribution is 2.33. The standard InChI is InChI=1S/C21H30N4O4.C16H22N4O2.CH4.ClH/c1-13-10-24(20(27)29-21(2,3)4)11-15(13)16-12-25-17(19(26)23-16)9-22-18(25)14-5-7-28-8-6-14;1-10-6-17-7-12(10)13-9-20-14(16(21)19-13)8-18-15(20)11-2-4-22-5-3-11;;/h9,12-15H,5-8,10-11H2,1-4H3,(H,23,26);8-12,17H,2-7H2,1H3,(H,19,21);1H4;1H/t13-,15-;10-,12-;;/m11../s1. The van der Waals surface area contributed by atoms with Gasteiger partial charge in [-0.15, -0.1) is 12.4 Å². The minimum absolute atomic E-state index is 0. The molecule has 0 unspecified atom stereocenters. The van der Waals surface area contributed by atoms with Gasteiger partial charge in [0.25, 0.3) is 11.1 Å². The fraction of sp³-hybridized carbons (Fsp3) is 0.658. The van der Waals surface area contributed by atoms with Crippen molar-refractivity contribution in [3.8, 4) is 0 Å². The van der Waals surface area contributed by atoms with Crippen molar-refractivity contribution < 1.29 is 19.0 Å². The molecule has 292 valence electrons. The Morgan fingerprint density at radius 2 is 1.26 bits per heavy atom. The molecule has 1 amide bonds. The van der Waals surface area contributed by atoms with Crippen molar-refractivity contribution in [3.63, 3.8) is 0 Å². The summed E-state index contributed by atoms with van der Waals surface area (Å²) in [4.78, 5) is 54.5. The Bertz CT molecular complexity index is 1970. The van der Waals surface area contributed by atoms with Gasteiger partial charge in [-0.3, -0.25) is 18.4 Å². The number of nitrogens with zero attached hydrogens (tertiary/aromatic N) is 5. The summed E-state index contributed by atoms with van der Waals surface area (Å²) in [5.74, 6) is 3.75. The zero-order valence-corrected chi connectivity index (χ0v) is 31.7. The van der Waals surface area contributed by atoms with Crippen LogP contribution in [0.25, 0.3) is 11.0 Å². The Balaban J connectivity index is 0.000000203. The number of amides is 1. The van der Waals surface area contributed by atoms with Gasteiger partial charge in [-0.2, -0.15) is 0 Å². The summed E-state index contributed by atoms with van der Waals surface area (Å²) in [5, 5.41) is 3.40. The van der Waals surface area contributed by atoms with Crippen LogP contribution in [-0.4, -0.2) is 97.9 Å². The van der Waals surface area contributed by atoms with Gasteiger partial charge in [0, 0.05) is 93.5 Å². The molecule has 15 heteroatoms. The minimum atomic E-state index is -0.527. The molecular weight excluding hydrogens is 700 g/mol. The van der Waals surface area contributed by atoms with Gasteiger partial charge in [0.1, 0.15) is 28.3 Å². The van der Waals surface area contributed by atoms with Crippen LogP contribution in [0.5, 0.6) is 0 Å². The maximum absolute atomic E-state index is 12.7. The second-order valence-electron chi connectivity index (χ2n) is 15.8. The summed E-state index contributed by atoms with van der Waals surface area (Å²) >= 11 is 0. The predicted molar refractivity (Wildman–Crippen MR) is 206 cm³/mol. The highest BCUT2D eigenvalue weighted by atomic mass is 35.5. The Labute approximate surface area is 316 Å². The fourth-order valence-electron chi connectivity index (χ4n) is 8.06. The van der Waals surface area contributed by atoms with Crippen molar-refractivity contribution >= 4 is 29.5 Å². The number of likely N-dealkylation sites (tertiary alicyclic amines) is 1. The van der Waals surface area contributed by atoms with E-state index in [-0.39, 0.29) is 48.9 Å². The van der Waals surface area contributed by atoms with Crippen LogP contribution in [0, 0.1) is 11.8 Å². The van der Waals surface area contributed by atoms with Crippen molar-refractivity contribution in [2.24, 2.45) is 11.8 Å². The molecule has 8 rings (SSSR count). The minimum Gasteiger partial charge on any atom is -0.444 e. The Morgan fingerprint density at radius 1 is 0.774 bits per heavy atom. The van der Waals surface area contributed by atoms with E-state index in [1.54, 1.807) is 17.3 Å². The highest BCUT2D eigenvalue weighted by Gasteiger charge is 2.37. The molecule has 0 radical (unpaired) electrons. The number of carbonyl (C=O) groups is 1. The van der Waals surface area contributed by atoms with E-state index in [2.05, 4.69) is 45.3 Å². The lowest BCUT2D eigenvalue weighted by Gasteiger charge is -2.24. The first kappa shape index (κ1) is 40.5. The number of halogens is 1. The molecule has 4 saturated heterocycles. The third-order valence-corrected chi connectivity index (χ3v) is 10.9. The van der Waals surface area contributed by atoms with Crippen LogP contribution in [0.2, 0.25) is 0 Å². The molecule has 4 atom stereocenters. The molecule has 4 aromatic heterocycles. The molecule has 4 aliphatic heterocycles. The average molecular weight is 757 g/mol. The molecule has 53 heavy (non-hydrogen) atoms. The number of carbonyl (C=O) groups excluding carboxylic acids is 1. The number of rotatable bonds is 4. The predicted octanol–water partition coefficient (Wildman–Crippen LogP) is 5.18. The van der Waals surface area contributed by atoms with Gasteiger partial charge in [-0.1, -0.05) is 21.3 Å². The van der Waals surface area contributed by atoms with Gasteiger partial charge in [0.05, 0.1) is 12.4 Å². The number of imidazole rings is 2. The largest absolute Gasteiger partial charge is 0.444 e. The Hall–Kier alpha value is -3.72. The monoisotopic (exact) mass is 756 g/mol. The maximum atomic E-state index is 12.7. The van der Waals surface area contributed by atoms with E-state index in [1.165, 1.54) is 0 Å². The Kier molecular flexibility index (Phi) is 12.8. The number of ether oxygens (including phenoxy) is 3. The third-order valence-electron chi connectivity index (χ3n) is 10.9. The number of fused-ring (bicyclic) bond motifs is 2. The zero-order chi connectivity index (χ0) is 35.9. The van der Waals surface area contributed by atoms with E-state index < -0.39 is 5.60 Å². The number of aromatic nitrogens is 6. The number of hydrogen-bond donors (Lipinski definition) is 3. The smallest absolute Gasteiger partial charge is 0.410 e. The van der Waals surface area contributed by atoms with E-state index >= 15 is 0 Å². The molecule has 14 nitrogen and oxygen atoms in total. The summed E-state index contributed by atoms with van der Waals surface area (Å²) in [6.45, 7) is 16.0. The van der Waals surface area contributed by atoms with Gasteiger partial charge in [0.15, 0.2) is 0 Å². The molecule has 4 aliphatic rings. The quantitative estimate of drug-likeness (QED) is 0.255. The van der Waals surface area contributed by atoms with E-state index in [4.69, 9.17) is 14.2 Å². The van der Waals surface area contributed by atoms with E-state index in [0.717, 1.165) is 88.2 Å². The molecule has 0 bridgehead atoms. The molecular formula is C38H57ClN8O6. The second kappa shape index (κ2) is 16.7. The van der Waals surface area contributed by atoms with Crippen LogP contribution in [-0.2, 0) is 14.2 Å². The number of hydrogen-bond acceptors (Lipinski definition) is 9. The average Bonchev–Trinajstić information content (AvgIpc) is 3.91. The maximum Gasteiger partial charge on any atom is 0.410 e. The number of nitrogens with one attached hydrogen (secondary N) is 3. The van der Waals surface area contributed by atoms with Crippen LogP contribution >= 0.6 is 12.4 Å². The molecule has 0 spiro atoms. The lowest BCUT2D eigenvalue weighted by atomic mass is 9.95. The summed E-state index contributed by atoms with van der Waals surface area (Å²) < 4.78 is 20.4. The summed E-state index contributed by atoms with van der Waals surface area (Å²) in [6.07, 6.45) is 10.9. The highest BCUT2D eigenvalue weighted by molar-refractivity contribution is 5.85. The van der Waals surface area contributed by atoms with E-state index in [1.807, 2.05) is 35.8 Å². The van der Waals surface area contributed by atoms with E-state index in [0.29, 0.717) is 47.8 Å². The van der Waals surface area contributed by atoms with Crippen molar-refractivity contribution in [2.75, 3.05) is 52.6 Å². The van der Waals surface area contributed by atoms with Crippen LogP contribution in [0.15, 0.2) is 34.4 Å². The van der Waals surface area contributed by atoms with Crippen LogP contribution < -0.4 is 16.4 Å². The Morgan fingerprint density at radius 3 is 1.72 bits per heavy atom. The van der Waals surface area contributed by atoms with Gasteiger partial charge in [0.2, 0.25) is 0 Å². The van der Waals surface area contributed by atoms with Crippen LogP contribution in [0.1, 0.15) is 114 Å². The van der Waals surface area contributed by atoms with E-state index in [9.17, 15) is 14.4 Å². The molecule has 8 heterocycles. The molecule has 3 N–H and O–H groups in total. The summed E-state index contributed by atoms with van der Waals surface area (Å²) in [6, 6.07) is 0. The van der Waals surface area contributed by atoms with Gasteiger partial charge < -0.3 is 34.4 Å². The second-order valence-corrected chi connectivity index (χ2v) is 15.8. The van der Waals surface area contributed by atoms with Gasteiger partial charge >= 0.3 is 6.09 Å².